The van der Waals surface area contributed by atoms with Crippen LogP contribution in [0.3, 0.4) is 0 Å². The number of hydrogen-bond donors (Lipinski definition) is 1. The number of thiophene rings is 1. The summed E-state index contributed by atoms with van der Waals surface area (Å²) in [6, 6.07) is 1.61. The molecule has 0 aliphatic heterocycles. The molecule has 1 aromatic rings. The Balaban J connectivity index is 2.70. The van der Waals surface area contributed by atoms with Crippen LogP contribution in [0.5, 0.6) is 0 Å². The number of aliphatic hydroxyl groups is 1. The average Bonchev–Trinajstić information content (AvgIpc) is 2.29. The zero-order valence-corrected chi connectivity index (χ0v) is 9.63. The van der Waals surface area contributed by atoms with Crippen molar-refractivity contribution in [3.8, 4) is 0 Å². The highest BCUT2D eigenvalue weighted by Gasteiger charge is 2.38. The van der Waals surface area contributed by atoms with Gasteiger partial charge in [0.05, 0.1) is 0 Å². The fraction of sp³-hybridized carbons (Fsp3) is 0.500. The summed E-state index contributed by atoms with van der Waals surface area (Å²) in [5.74, 6) is 0. The molecule has 6 heteroatoms. The van der Waals surface area contributed by atoms with Crippen molar-refractivity contribution in [1.29, 1.82) is 0 Å². The minimum absolute atomic E-state index is 0.374. The first kappa shape index (κ1) is 12.0. The van der Waals surface area contributed by atoms with Gasteiger partial charge in [0, 0.05) is 20.6 Å². The van der Waals surface area contributed by atoms with E-state index in [1.807, 2.05) is 0 Å². The van der Waals surface area contributed by atoms with E-state index in [0.29, 0.717) is 4.88 Å². The van der Waals surface area contributed by atoms with Gasteiger partial charge in [-0.05, 0) is 28.9 Å². The largest absolute Gasteiger partial charge is 0.414 e. The molecule has 80 valence electrons. The van der Waals surface area contributed by atoms with E-state index >= 15 is 0 Å². The Morgan fingerprint density at radius 3 is 2.50 bits per heavy atom. The molecule has 1 unspecified atom stereocenters. The van der Waals surface area contributed by atoms with E-state index in [2.05, 4.69) is 15.9 Å². The molecule has 0 spiro atoms. The number of rotatable bonds is 2. The number of aryl methyl sites for hydroxylation is 1. The summed E-state index contributed by atoms with van der Waals surface area (Å²) >= 11 is 4.46. The Morgan fingerprint density at radius 1 is 1.57 bits per heavy atom. The molecule has 1 rings (SSSR count). The zero-order chi connectivity index (χ0) is 10.9. The highest BCUT2D eigenvalue weighted by molar-refractivity contribution is 9.10. The topological polar surface area (TPSA) is 20.2 Å². The minimum Gasteiger partial charge on any atom is -0.383 e. The number of alkyl halides is 3. The van der Waals surface area contributed by atoms with Crippen LogP contribution in [0.25, 0.3) is 0 Å². The Kier molecular flexibility index (Phi) is 3.60. The van der Waals surface area contributed by atoms with Gasteiger partial charge in [-0.15, -0.1) is 11.3 Å². The molecule has 0 radical (unpaired) electrons. The van der Waals surface area contributed by atoms with E-state index in [1.165, 1.54) is 11.3 Å². The maximum absolute atomic E-state index is 12.0. The summed E-state index contributed by atoms with van der Waals surface area (Å²) < 4.78 is 36.7. The molecule has 0 aliphatic carbocycles. The van der Waals surface area contributed by atoms with E-state index in [1.54, 1.807) is 13.0 Å². The van der Waals surface area contributed by atoms with Gasteiger partial charge in [-0.2, -0.15) is 13.2 Å². The van der Waals surface area contributed by atoms with Crippen molar-refractivity contribution in [2.75, 3.05) is 0 Å². The molecule has 0 fully saturated rings. The Bertz CT molecular complexity index is 301. The molecule has 1 atom stereocenters. The van der Waals surface area contributed by atoms with Gasteiger partial charge < -0.3 is 5.11 Å². The molecule has 1 heterocycles. The van der Waals surface area contributed by atoms with Crippen LogP contribution < -0.4 is 0 Å². The standard InChI is InChI=1S/C8H8BrF3OS/c1-4-6(9)2-5(14-4)3-7(13)8(10,11)12/h2,7,13H,3H2,1H3. The fourth-order valence-electron chi connectivity index (χ4n) is 0.925. The third-order valence-corrected chi connectivity index (χ3v) is 3.84. The molecular formula is C8H8BrF3OS. The summed E-state index contributed by atoms with van der Waals surface area (Å²) in [5.41, 5.74) is 0. The quantitative estimate of drug-likeness (QED) is 0.885. The second kappa shape index (κ2) is 4.20. The molecule has 0 bridgehead atoms. The highest BCUT2D eigenvalue weighted by Crippen LogP contribution is 2.30. The molecule has 1 nitrogen and oxygen atoms in total. The molecular weight excluding hydrogens is 281 g/mol. The Morgan fingerprint density at radius 2 is 2.14 bits per heavy atom. The number of aliphatic hydroxyl groups excluding tert-OH is 1. The van der Waals surface area contributed by atoms with Gasteiger partial charge in [-0.25, -0.2) is 0 Å². The minimum atomic E-state index is -4.54. The molecule has 0 saturated heterocycles. The average molecular weight is 289 g/mol. The summed E-state index contributed by atoms with van der Waals surface area (Å²) in [5, 5.41) is 8.81. The third kappa shape index (κ3) is 2.96. The van der Waals surface area contributed by atoms with E-state index in [4.69, 9.17) is 5.11 Å². The van der Waals surface area contributed by atoms with Crippen LogP contribution in [-0.2, 0) is 6.42 Å². The van der Waals surface area contributed by atoms with Crippen LogP contribution in [0.1, 0.15) is 9.75 Å². The zero-order valence-electron chi connectivity index (χ0n) is 7.23. The first-order chi connectivity index (χ1) is 6.30. The van der Waals surface area contributed by atoms with Crippen molar-refractivity contribution in [2.45, 2.75) is 25.6 Å². The van der Waals surface area contributed by atoms with Crippen molar-refractivity contribution in [3.05, 3.63) is 20.3 Å². The SMILES string of the molecule is Cc1sc(CC(O)C(F)(F)F)cc1Br. The van der Waals surface area contributed by atoms with Gasteiger partial charge in [0.1, 0.15) is 0 Å². The van der Waals surface area contributed by atoms with Gasteiger partial charge >= 0.3 is 6.18 Å². The first-order valence-electron chi connectivity index (χ1n) is 3.80. The van der Waals surface area contributed by atoms with Crippen LogP contribution in [0.4, 0.5) is 13.2 Å². The predicted molar refractivity (Wildman–Crippen MR) is 52.5 cm³/mol. The van der Waals surface area contributed by atoms with Crippen LogP contribution in [0.15, 0.2) is 10.5 Å². The van der Waals surface area contributed by atoms with Gasteiger partial charge in [0.15, 0.2) is 6.10 Å². The highest BCUT2D eigenvalue weighted by atomic mass is 79.9. The first-order valence-corrected chi connectivity index (χ1v) is 5.41. The molecule has 1 N–H and O–H groups in total. The summed E-state index contributed by atoms with van der Waals surface area (Å²) in [6.07, 6.45) is -7.18. The second-order valence-corrected chi connectivity index (χ2v) is 5.07. The Labute approximate surface area is 91.7 Å². The lowest BCUT2D eigenvalue weighted by Crippen LogP contribution is -2.30. The molecule has 1 aromatic heterocycles. The summed E-state index contributed by atoms with van der Waals surface area (Å²) in [4.78, 5) is 1.44. The lowest BCUT2D eigenvalue weighted by Gasteiger charge is -2.12. The lowest BCUT2D eigenvalue weighted by molar-refractivity contribution is -0.202. The van der Waals surface area contributed by atoms with E-state index < -0.39 is 12.3 Å². The smallest absolute Gasteiger partial charge is 0.383 e. The van der Waals surface area contributed by atoms with Gasteiger partial charge in [0.2, 0.25) is 0 Å². The van der Waals surface area contributed by atoms with Crippen molar-refractivity contribution < 1.29 is 18.3 Å². The lowest BCUT2D eigenvalue weighted by atomic mass is 10.2. The van der Waals surface area contributed by atoms with Crippen LogP contribution in [0, 0.1) is 6.92 Å². The van der Waals surface area contributed by atoms with Gasteiger partial charge in [-0.3, -0.25) is 0 Å². The Hall–Kier alpha value is -0.0700. The maximum Gasteiger partial charge on any atom is 0.414 e. The maximum atomic E-state index is 12.0. The van der Waals surface area contributed by atoms with Crippen molar-refractivity contribution in [1.82, 2.24) is 0 Å². The van der Waals surface area contributed by atoms with Crippen molar-refractivity contribution >= 4 is 27.3 Å². The number of hydrogen-bond acceptors (Lipinski definition) is 2. The van der Waals surface area contributed by atoms with E-state index in [0.717, 1.165) is 9.35 Å². The second-order valence-electron chi connectivity index (χ2n) is 2.88. The summed E-state index contributed by atoms with van der Waals surface area (Å²) in [7, 11) is 0. The van der Waals surface area contributed by atoms with E-state index in [-0.39, 0.29) is 6.42 Å². The fourth-order valence-corrected chi connectivity index (χ4v) is 2.56. The molecule has 0 amide bonds. The van der Waals surface area contributed by atoms with Crippen LogP contribution in [-0.4, -0.2) is 17.4 Å². The van der Waals surface area contributed by atoms with Crippen LogP contribution >= 0.6 is 27.3 Å². The van der Waals surface area contributed by atoms with Gasteiger partial charge in [0.25, 0.3) is 0 Å². The van der Waals surface area contributed by atoms with Crippen molar-refractivity contribution in [3.63, 3.8) is 0 Å². The molecule has 0 saturated carbocycles. The molecule has 0 aliphatic rings. The predicted octanol–water partition coefficient (Wildman–Crippen LogP) is 3.28. The molecule has 14 heavy (non-hydrogen) atoms. The van der Waals surface area contributed by atoms with Crippen LogP contribution in [0.2, 0.25) is 0 Å². The third-order valence-electron chi connectivity index (χ3n) is 1.68. The van der Waals surface area contributed by atoms with Crippen molar-refractivity contribution in [2.24, 2.45) is 0 Å². The monoisotopic (exact) mass is 288 g/mol. The normalized spacial score (nSPS) is 14.4. The number of halogens is 4. The van der Waals surface area contributed by atoms with Gasteiger partial charge in [-0.1, -0.05) is 0 Å². The summed E-state index contributed by atoms with van der Waals surface area (Å²) in [6.45, 7) is 1.80. The molecule has 0 aromatic carbocycles. The van der Waals surface area contributed by atoms with E-state index in [9.17, 15) is 13.2 Å².